The van der Waals surface area contributed by atoms with Gasteiger partial charge in [0.05, 0.1) is 15.5 Å². The molecule has 1 atom stereocenters. The van der Waals surface area contributed by atoms with E-state index in [4.69, 9.17) is 16.7 Å². The topological polar surface area (TPSA) is 75.4 Å². The number of alkyl halides is 3. The Morgan fingerprint density at radius 1 is 1.47 bits per heavy atom. The van der Waals surface area contributed by atoms with Crippen LogP contribution in [0.2, 0.25) is 5.02 Å². The maximum Gasteiger partial charge on any atom is 0.415 e. The molecule has 1 aromatic rings. The molecule has 0 bridgehead atoms. The third kappa shape index (κ3) is 4.34. The molecule has 0 aliphatic carbocycles. The molecule has 0 aliphatic heterocycles. The summed E-state index contributed by atoms with van der Waals surface area (Å²) in [4.78, 5) is 10.0. The molecule has 0 saturated carbocycles. The predicted molar refractivity (Wildman–Crippen MR) is 61.9 cm³/mol. The Kier molecular flexibility index (Phi) is 5.10. The number of nitrogens with zero attached hydrogens (tertiary/aromatic N) is 1. The largest absolute Gasteiger partial charge is 0.415 e. The van der Waals surface area contributed by atoms with Crippen molar-refractivity contribution in [1.82, 2.24) is 5.32 Å². The lowest BCUT2D eigenvalue weighted by Crippen LogP contribution is -2.38. The summed E-state index contributed by atoms with van der Waals surface area (Å²) in [5.74, 6) is 0. The minimum absolute atomic E-state index is 0.0724. The van der Waals surface area contributed by atoms with Gasteiger partial charge in [-0.05, 0) is 6.07 Å². The summed E-state index contributed by atoms with van der Waals surface area (Å²) in [5.41, 5.74) is -0.218. The third-order valence-electron chi connectivity index (χ3n) is 2.31. The fraction of sp³-hybridized carbons (Fsp3) is 0.400. The van der Waals surface area contributed by atoms with Gasteiger partial charge in [-0.3, -0.25) is 10.1 Å². The van der Waals surface area contributed by atoms with Crippen LogP contribution in [0.25, 0.3) is 0 Å². The molecule has 1 aromatic carbocycles. The molecule has 1 rings (SSSR count). The number of halogens is 4. The zero-order valence-electron chi connectivity index (χ0n) is 9.45. The highest BCUT2D eigenvalue weighted by atomic mass is 35.5. The van der Waals surface area contributed by atoms with E-state index in [1.165, 1.54) is 18.2 Å². The van der Waals surface area contributed by atoms with Crippen molar-refractivity contribution in [2.75, 3.05) is 6.54 Å². The molecule has 0 amide bonds. The molecule has 9 heteroatoms. The first kappa shape index (κ1) is 15.7. The van der Waals surface area contributed by atoms with E-state index in [0.29, 0.717) is 0 Å². The normalized spacial score (nSPS) is 13.3. The van der Waals surface area contributed by atoms with Crippen molar-refractivity contribution in [1.29, 1.82) is 0 Å². The SMILES string of the molecule is O=[N+]([O-])c1cccc(Cl)c1CNCC(O)C(F)(F)F. The average Bonchev–Trinajstić information content (AvgIpc) is 2.29. The molecular formula is C10H10ClF3N2O3. The zero-order valence-corrected chi connectivity index (χ0v) is 10.2. The molecule has 106 valence electrons. The second kappa shape index (κ2) is 6.18. The smallest absolute Gasteiger partial charge is 0.382 e. The van der Waals surface area contributed by atoms with E-state index in [9.17, 15) is 23.3 Å². The highest BCUT2D eigenvalue weighted by Gasteiger charge is 2.37. The molecule has 0 spiro atoms. The van der Waals surface area contributed by atoms with Gasteiger partial charge in [0.15, 0.2) is 6.10 Å². The summed E-state index contributed by atoms with van der Waals surface area (Å²) >= 11 is 5.75. The van der Waals surface area contributed by atoms with Crippen LogP contribution in [0.1, 0.15) is 5.56 Å². The van der Waals surface area contributed by atoms with E-state index < -0.39 is 23.7 Å². The predicted octanol–water partition coefficient (Wildman–Crippen LogP) is 2.26. The first-order chi connectivity index (χ1) is 8.73. The minimum atomic E-state index is -4.74. The van der Waals surface area contributed by atoms with Crippen molar-refractivity contribution >= 4 is 17.3 Å². The minimum Gasteiger partial charge on any atom is -0.382 e. The van der Waals surface area contributed by atoms with Crippen LogP contribution in [0.3, 0.4) is 0 Å². The second-order valence-electron chi connectivity index (χ2n) is 3.68. The highest BCUT2D eigenvalue weighted by Crippen LogP contribution is 2.26. The molecule has 0 aliphatic rings. The van der Waals surface area contributed by atoms with Crippen LogP contribution in [0.5, 0.6) is 0 Å². The van der Waals surface area contributed by atoms with E-state index in [1.54, 1.807) is 0 Å². The lowest BCUT2D eigenvalue weighted by molar-refractivity contribution is -0.385. The van der Waals surface area contributed by atoms with Gasteiger partial charge < -0.3 is 10.4 Å². The van der Waals surface area contributed by atoms with Gasteiger partial charge in [0, 0.05) is 19.2 Å². The third-order valence-corrected chi connectivity index (χ3v) is 2.66. The number of nitro benzene ring substituents is 1. The van der Waals surface area contributed by atoms with Gasteiger partial charge in [-0.15, -0.1) is 0 Å². The molecule has 2 N–H and O–H groups in total. The number of aliphatic hydroxyl groups excluding tert-OH is 1. The monoisotopic (exact) mass is 298 g/mol. The maximum atomic E-state index is 12.0. The standard InChI is InChI=1S/C10H10ClF3N2O3/c11-7-2-1-3-8(16(18)19)6(7)4-15-5-9(17)10(12,13)14/h1-3,9,15,17H,4-5H2. The number of benzene rings is 1. The summed E-state index contributed by atoms with van der Waals surface area (Å²) in [6, 6.07) is 3.96. The number of rotatable bonds is 5. The molecule has 0 fully saturated rings. The molecule has 0 heterocycles. The molecule has 1 unspecified atom stereocenters. The Morgan fingerprint density at radius 2 is 2.11 bits per heavy atom. The summed E-state index contributed by atoms with van der Waals surface area (Å²) in [7, 11) is 0. The second-order valence-corrected chi connectivity index (χ2v) is 4.09. The molecule has 5 nitrogen and oxygen atoms in total. The Hall–Kier alpha value is -1.38. The first-order valence-corrected chi connectivity index (χ1v) is 5.48. The molecular weight excluding hydrogens is 289 g/mol. The Bertz CT molecular complexity index is 468. The van der Waals surface area contributed by atoms with Crippen molar-refractivity contribution < 1.29 is 23.2 Å². The Morgan fingerprint density at radius 3 is 2.63 bits per heavy atom. The number of nitrogens with one attached hydrogen (secondary N) is 1. The van der Waals surface area contributed by atoms with Gasteiger partial charge in [0.25, 0.3) is 5.69 Å². The van der Waals surface area contributed by atoms with E-state index in [2.05, 4.69) is 5.32 Å². The van der Waals surface area contributed by atoms with Gasteiger partial charge in [-0.2, -0.15) is 13.2 Å². The zero-order chi connectivity index (χ0) is 14.6. The lowest BCUT2D eigenvalue weighted by atomic mass is 10.1. The van der Waals surface area contributed by atoms with Crippen LogP contribution in [0.4, 0.5) is 18.9 Å². The number of nitro groups is 1. The van der Waals surface area contributed by atoms with Gasteiger partial charge >= 0.3 is 6.18 Å². The summed E-state index contributed by atoms with van der Waals surface area (Å²) in [6.45, 7) is -1.02. The molecule has 19 heavy (non-hydrogen) atoms. The van der Waals surface area contributed by atoms with Crippen LogP contribution in [-0.4, -0.2) is 28.9 Å². The van der Waals surface area contributed by atoms with Crippen molar-refractivity contribution in [2.24, 2.45) is 0 Å². The van der Waals surface area contributed by atoms with E-state index in [0.717, 1.165) is 0 Å². The molecule has 0 saturated heterocycles. The fourth-order valence-electron chi connectivity index (χ4n) is 1.34. The van der Waals surface area contributed by atoms with Gasteiger partial charge in [-0.25, -0.2) is 0 Å². The summed E-state index contributed by atoms with van der Waals surface area (Å²) in [5, 5.41) is 21.8. The van der Waals surface area contributed by atoms with Gasteiger partial charge in [0.1, 0.15) is 0 Å². The quantitative estimate of drug-likeness (QED) is 0.646. The van der Waals surface area contributed by atoms with E-state index >= 15 is 0 Å². The number of hydrogen-bond donors (Lipinski definition) is 2. The molecule has 0 aromatic heterocycles. The van der Waals surface area contributed by atoms with E-state index in [-0.39, 0.29) is 22.8 Å². The van der Waals surface area contributed by atoms with Crippen molar-refractivity contribution in [2.45, 2.75) is 18.8 Å². The first-order valence-electron chi connectivity index (χ1n) is 5.10. The van der Waals surface area contributed by atoms with Crippen LogP contribution < -0.4 is 5.32 Å². The molecule has 0 radical (unpaired) electrons. The highest BCUT2D eigenvalue weighted by molar-refractivity contribution is 6.31. The maximum absolute atomic E-state index is 12.0. The van der Waals surface area contributed by atoms with Crippen LogP contribution in [-0.2, 0) is 6.54 Å². The van der Waals surface area contributed by atoms with Crippen molar-refractivity contribution in [3.8, 4) is 0 Å². The van der Waals surface area contributed by atoms with Crippen LogP contribution in [0, 0.1) is 10.1 Å². The van der Waals surface area contributed by atoms with Crippen LogP contribution >= 0.6 is 11.6 Å². The van der Waals surface area contributed by atoms with Gasteiger partial charge in [-0.1, -0.05) is 17.7 Å². The van der Waals surface area contributed by atoms with Crippen LogP contribution in [0.15, 0.2) is 18.2 Å². The summed E-state index contributed by atoms with van der Waals surface area (Å²) in [6.07, 6.45) is -7.27. The van der Waals surface area contributed by atoms with Gasteiger partial charge in [0.2, 0.25) is 0 Å². The summed E-state index contributed by atoms with van der Waals surface area (Å²) < 4.78 is 36.1. The average molecular weight is 299 g/mol. The van der Waals surface area contributed by atoms with Crippen molar-refractivity contribution in [3.63, 3.8) is 0 Å². The fourth-order valence-corrected chi connectivity index (χ4v) is 1.58. The lowest BCUT2D eigenvalue weighted by Gasteiger charge is -2.15. The number of aliphatic hydroxyl groups is 1. The van der Waals surface area contributed by atoms with Crippen molar-refractivity contribution in [3.05, 3.63) is 38.9 Å². The Balaban J connectivity index is 2.71. The van der Waals surface area contributed by atoms with E-state index in [1.807, 2.05) is 0 Å². The Labute approximate surface area is 111 Å². The number of hydrogen-bond acceptors (Lipinski definition) is 4.